The molecule has 0 unspecified atom stereocenters. The first-order valence-corrected chi connectivity index (χ1v) is 8.23. The number of fused-ring (bicyclic) bond motifs is 1. The van der Waals surface area contributed by atoms with Crippen molar-refractivity contribution in [3.8, 4) is 0 Å². The van der Waals surface area contributed by atoms with E-state index >= 15 is 0 Å². The molecular weight excluding hydrogens is 329 g/mol. The highest BCUT2D eigenvalue weighted by Gasteiger charge is 2.14. The van der Waals surface area contributed by atoms with Gasteiger partial charge in [0.1, 0.15) is 5.82 Å². The summed E-state index contributed by atoms with van der Waals surface area (Å²) in [6, 6.07) is 4.93. The van der Waals surface area contributed by atoms with Crippen molar-refractivity contribution < 1.29 is 4.39 Å². The zero-order chi connectivity index (χ0) is 17.4. The van der Waals surface area contributed by atoms with Crippen LogP contribution >= 0.6 is 11.6 Å². The summed E-state index contributed by atoms with van der Waals surface area (Å²) in [4.78, 5) is 12.3. The average molecular weight is 348 g/mol. The molecule has 3 rings (SSSR count). The summed E-state index contributed by atoms with van der Waals surface area (Å²) in [6.07, 6.45) is 4.39. The van der Waals surface area contributed by atoms with Gasteiger partial charge < -0.3 is 4.57 Å². The summed E-state index contributed by atoms with van der Waals surface area (Å²) in [7, 11) is 1.65. The van der Waals surface area contributed by atoms with Gasteiger partial charge in [0.25, 0.3) is 5.56 Å². The molecule has 0 spiro atoms. The summed E-state index contributed by atoms with van der Waals surface area (Å²) >= 11 is 5.84. The third-order valence-corrected chi connectivity index (χ3v) is 4.26. The van der Waals surface area contributed by atoms with Crippen LogP contribution in [0.5, 0.6) is 0 Å². The highest BCUT2D eigenvalue weighted by Crippen LogP contribution is 2.22. The summed E-state index contributed by atoms with van der Waals surface area (Å²) in [5.74, 6) is -0.00252. The Morgan fingerprint density at radius 3 is 2.67 bits per heavy atom. The maximum atomic E-state index is 14.1. The number of benzene rings is 1. The first kappa shape index (κ1) is 16.7. The van der Waals surface area contributed by atoms with E-state index in [4.69, 9.17) is 11.6 Å². The molecule has 0 amide bonds. The van der Waals surface area contributed by atoms with Crippen molar-refractivity contribution in [3.05, 3.63) is 63.0 Å². The summed E-state index contributed by atoms with van der Waals surface area (Å²) in [5, 5.41) is 5.92. The van der Waals surface area contributed by atoms with E-state index < -0.39 is 5.82 Å². The normalized spacial score (nSPS) is 11.6. The van der Waals surface area contributed by atoms with Crippen LogP contribution in [0.15, 0.2) is 35.4 Å². The van der Waals surface area contributed by atoms with Gasteiger partial charge in [-0.25, -0.2) is 9.07 Å². The van der Waals surface area contributed by atoms with Gasteiger partial charge in [0.15, 0.2) is 0 Å². The molecule has 3 aromatic rings. The van der Waals surface area contributed by atoms with Crippen molar-refractivity contribution in [1.29, 1.82) is 0 Å². The van der Waals surface area contributed by atoms with E-state index in [1.165, 1.54) is 10.7 Å². The molecule has 2 aromatic heterocycles. The Bertz CT molecular complexity index is 959. The van der Waals surface area contributed by atoms with Gasteiger partial charge in [-0.2, -0.15) is 5.10 Å². The molecule has 0 N–H and O–H groups in total. The lowest BCUT2D eigenvalue weighted by Gasteiger charge is -2.07. The molecule has 126 valence electrons. The molecule has 0 saturated carbocycles. The topological polar surface area (TPSA) is 39.8 Å². The predicted molar refractivity (Wildman–Crippen MR) is 94.0 cm³/mol. The van der Waals surface area contributed by atoms with E-state index in [1.807, 2.05) is 10.8 Å². The summed E-state index contributed by atoms with van der Waals surface area (Å²) < 4.78 is 17.3. The third kappa shape index (κ3) is 3.08. The highest BCUT2D eigenvalue weighted by atomic mass is 35.5. The highest BCUT2D eigenvalue weighted by molar-refractivity contribution is 6.30. The van der Waals surface area contributed by atoms with E-state index in [9.17, 15) is 9.18 Å². The van der Waals surface area contributed by atoms with E-state index in [0.29, 0.717) is 23.4 Å². The lowest BCUT2D eigenvalue weighted by atomic mass is 10.1. The molecule has 6 heteroatoms. The molecule has 0 fully saturated rings. The molecule has 2 heterocycles. The van der Waals surface area contributed by atoms with Gasteiger partial charge in [0.05, 0.1) is 16.1 Å². The second-order valence-corrected chi connectivity index (χ2v) is 6.85. The van der Waals surface area contributed by atoms with E-state index in [0.717, 1.165) is 17.5 Å². The number of halogens is 2. The zero-order valence-electron chi connectivity index (χ0n) is 13.9. The van der Waals surface area contributed by atoms with Crippen molar-refractivity contribution in [2.75, 3.05) is 0 Å². The van der Waals surface area contributed by atoms with Crippen LogP contribution < -0.4 is 5.56 Å². The molecule has 1 aromatic carbocycles. The van der Waals surface area contributed by atoms with E-state index in [-0.39, 0.29) is 10.6 Å². The smallest absolute Gasteiger partial charge is 0.275 e. The zero-order valence-corrected chi connectivity index (χ0v) is 14.6. The average Bonchev–Trinajstić information content (AvgIpc) is 2.93. The number of aromatic nitrogens is 3. The number of aryl methyl sites for hydroxylation is 1. The molecule has 4 nitrogen and oxygen atoms in total. The number of hydrogen-bond acceptors (Lipinski definition) is 2. The van der Waals surface area contributed by atoms with Gasteiger partial charge in [-0.1, -0.05) is 37.6 Å². The third-order valence-electron chi connectivity index (χ3n) is 3.97. The number of hydrogen-bond donors (Lipinski definition) is 0. The minimum absolute atomic E-state index is 0.0993. The largest absolute Gasteiger partial charge is 0.348 e. The molecule has 0 radical (unpaired) electrons. The Morgan fingerprint density at radius 1 is 1.25 bits per heavy atom. The van der Waals surface area contributed by atoms with Crippen molar-refractivity contribution in [2.24, 2.45) is 13.0 Å². The molecule has 0 bridgehead atoms. The monoisotopic (exact) mass is 347 g/mol. The molecule has 0 aliphatic rings. The SMILES string of the molecule is CC(C)Cc1nn(C)c(=O)c2cn(Cc3cccc(Cl)c3F)cc12. The Labute approximate surface area is 144 Å². The molecule has 0 saturated heterocycles. The van der Waals surface area contributed by atoms with Gasteiger partial charge in [0.2, 0.25) is 0 Å². The second-order valence-electron chi connectivity index (χ2n) is 6.44. The van der Waals surface area contributed by atoms with Gasteiger partial charge in [0, 0.05) is 36.9 Å². The van der Waals surface area contributed by atoms with Crippen LogP contribution in [-0.4, -0.2) is 14.3 Å². The van der Waals surface area contributed by atoms with Crippen LogP contribution in [-0.2, 0) is 20.0 Å². The molecule has 0 atom stereocenters. The van der Waals surface area contributed by atoms with Crippen molar-refractivity contribution in [3.63, 3.8) is 0 Å². The minimum atomic E-state index is -0.426. The molecule has 0 aliphatic carbocycles. The number of nitrogens with zero attached hydrogens (tertiary/aromatic N) is 3. The summed E-state index contributed by atoms with van der Waals surface area (Å²) in [6.45, 7) is 4.53. The van der Waals surface area contributed by atoms with Crippen LogP contribution in [0.25, 0.3) is 10.8 Å². The number of rotatable bonds is 4. The fraction of sp³-hybridized carbons (Fsp3) is 0.333. The fourth-order valence-corrected chi connectivity index (χ4v) is 3.05. The van der Waals surface area contributed by atoms with Crippen LogP contribution in [0, 0.1) is 11.7 Å². The van der Waals surface area contributed by atoms with Gasteiger partial charge in [-0.05, 0) is 18.4 Å². The van der Waals surface area contributed by atoms with E-state index in [2.05, 4.69) is 18.9 Å². The quantitative estimate of drug-likeness (QED) is 0.720. The lowest BCUT2D eigenvalue weighted by molar-refractivity contribution is 0.600. The van der Waals surface area contributed by atoms with Crippen LogP contribution in [0.3, 0.4) is 0 Å². The Kier molecular flexibility index (Phi) is 4.45. The maximum Gasteiger partial charge on any atom is 0.275 e. The van der Waals surface area contributed by atoms with Crippen molar-refractivity contribution in [2.45, 2.75) is 26.8 Å². The Hall–Kier alpha value is -2.14. The van der Waals surface area contributed by atoms with E-state index in [1.54, 1.807) is 25.4 Å². The van der Waals surface area contributed by atoms with Crippen molar-refractivity contribution in [1.82, 2.24) is 14.3 Å². The molecular formula is C18H19ClFN3O. The molecule has 0 aliphatic heterocycles. The fourth-order valence-electron chi connectivity index (χ4n) is 2.86. The van der Waals surface area contributed by atoms with Crippen LogP contribution in [0.4, 0.5) is 4.39 Å². The van der Waals surface area contributed by atoms with Crippen LogP contribution in [0.1, 0.15) is 25.1 Å². The first-order chi connectivity index (χ1) is 11.4. The lowest BCUT2D eigenvalue weighted by Crippen LogP contribution is -2.21. The first-order valence-electron chi connectivity index (χ1n) is 7.85. The maximum absolute atomic E-state index is 14.1. The van der Waals surface area contributed by atoms with Gasteiger partial charge >= 0.3 is 0 Å². The summed E-state index contributed by atoms with van der Waals surface area (Å²) in [5.41, 5.74) is 1.22. The van der Waals surface area contributed by atoms with Gasteiger partial charge in [-0.3, -0.25) is 4.79 Å². The van der Waals surface area contributed by atoms with Gasteiger partial charge in [-0.15, -0.1) is 0 Å². The Morgan fingerprint density at radius 2 is 1.96 bits per heavy atom. The standard InChI is InChI=1S/C18H19ClFN3O/c1-11(2)7-16-13-9-23(10-14(13)18(24)22(3)21-16)8-12-5-4-6-15(19)17(12)20/h4-6,9-11H,7-8H2,1-3H3. The minimum Gasteiger partial charge on any atom is -0.348 e. The predicted octanol–water partition coefficient (Wildman–Crippen LogP) is 3.77. The Balaban J connectivity index is 2.09. The van der Waals surface area contributed by atoms with Crippen LogP contribution in [0.2, 0.25) is 5.02 Å². The van der Waals surface area contributed by atoms with Crippen molar-refractivity contribution >= 4 is 22.4 Å². The second kappa shape index (κ2) is 6.40. The molecule has 24 heavy (non-hydrogen) atoms.